The third-order valence-corrected chi connectivity index (χ3v) is 6.06. The van der Waals surface area contributed by atoms with Crippen LogP contribution in [0.5, 0.6) is 5.75 Å². The van der Waals surface area contributed by atoms with E-state index in [1.54, 1.807) is 56.3 Å². The van der Waals surface area contributed by atoms with Gasteiger partial charge in [0.15, 0.2) is 0 Å². The summed E-state index contributed by atoms with van der Waals surface area (Å²) in [5.41, 5.74) is 7.39. The number of hydrogen-bond acceptors (Lipinski definition) is 7. The highest BCUT2D eigenvalue weighted by molar-refractivity contribution is 5.94. The van der Waals surface area contributed by atoms with Gasteiger partial charge < -0.3 is 37.2 Å². The molecule has 2 aromatic rings. The minimum Gasteiger partial charge on any atom is -0.508 e. The summed E-state index contributed by atoms with van der Waals surface area (Å²) in [5.74, 6) is -4.05. The van der Waals surface area contributed by atoms with Crippen molar-refractivity contribution in [3.8, 4) is 5.75 Å². The predicted octanol–water partition coefficient (Wildman–Crippen LogP) is -0.164. The molecule has 0 unspecified atom stereocenters. The van der Waals surface area contributed by atoms with Gasteiger partial charge in [-0.15, -0.1) is 0 Å². The zero-order chi connectivity index (χ0) is 29.8. The van der Waals surface area contributed by atoms with Crippen LogP contribution in [0.3, 0.4) is 0 Å². The molecule has 0 aromatic heterocycles. The molecule has 0 aliphatic carbocycles. The van der Waals surface area contributed by atoms with E-state index in [4.69, 9.17) is 10.8 Å². The summed E-state index contributed by atoms with van der Waals surface area (Å²) in [6, 6.07) is 10.8. The molecule has 4 atom stereocenters. The van der Waals surface area contributed by atoms with Crippen LogP contribution in [0.25, 0.3) is 0 Å². The first-order chi connectivity index (χ1) is 18.9. The van der Waals surface area contributed by atoms with Crippen LogP contribution in [0.1, 0.15) is 31.9 Å². The van der Waals surface area contributed by atoms with Gasteiger partial charge in [-0.25, -0.2) is 0 Å². The van der Waals surface area contributed by atoms with Gasteiger partial charge in [0.1, 0.15) is 23.9 Å². The molecule has 0 saturated heterocycles. The number of phenols is 1. The second kappa shape index (κ2) is 15.2. The van der Waals surface area contributed by atoms with Crippen LogP contribution < -0.4 is 27.0 Å². The fourth-order valence-corrected chi connectivity index (χ4v) is 3.73. The number of hydrogen-bond donors (Lipinski definition) is 7. The van der Waals surface area contributed by atoms with Gasteiger partial charge in [-0.3, -0.25) is 24.0 Å². The number of nitrogens with one attached hydrogen (secondary N) is 4. The lowest BCUT2D eigenvalue weighted by atomic mass is 10.0. The Kier molecular flexibility index (Phi) is 12.1. The van der Waals surface area contributed by atoms with Gasteiger partial charge >= 0.3 is 5.97 Å². The first-order valence-corrected chi connectivity index (χ1v) is 12.9. The summed E-state index contributed by atoms with van der Waals surface area (Å²) in [6.45, 7) is 4.29. The van der Waals surface area contributed by atoms with Gasteiger partial charge in [-0.2, -0.15) is 0 Å². The Bertz CT molecular complexity index is 1170. The van der Waals surface area contributed by atoms with Crippen molar-refractivity contribution in [1.82, 2.24) is 21.3 Å². The highest BCUT2D eigenvalue weighted by Crippen LogP contribution is 2.11. The summed E-state index contributed by atoms with van der Waals surface area (Å²) in [5, 5.41) is 28.5. The van der Waals surface area contributed by atoms with Crippen LogP contribution in [-0.4, -0.2) is 70.5 Å². The van der Waals surface area contributed by atoms with Crippen molar-refractivity contribution in [3.63, 3.8) is 0 Å². The van der Waals surface area contributed by atoms with E-state index in [1.165, 1.54) is 19.1 Å². The summed E-state index contributed by atoms with van der Waals surface area (Å²) < 4.78 is 0. The number of rotatable bonds is 14. The molecule has 0 fully saturated rings. The van der Waals surface area contributed by atoms with Gasteiger partial charge in [0.05, 0.1) is 12.6 Å². The maximum Gasteiger partial charge on any atom is 0.325 e. The second-order valence-corrected chi connectivity index (χ2v) is 9.80. The first kappa shape index (κ1) is 31.8. The number of carbonyl (C=O) groups is 5. The molecule has 12 nitrogen and oxygen atoms in total. The Morgan fingerprint density at radius 2 is 1.38 bits per heavy atom. The number of aliphatic carboxylic acids is 1. The van der Waals surface area contributed by atoms with E-state index in [1.807, 2.05) is 0 Å². The molecule has 0 saturated carbocycles. The van der Waals surface area contributed by atoms with Crippen molar-refractivity contribution in [2.75, 3.05) is 6.54 Å². The predicted molar refractivity (Wildman–Crippen MR) is 147 cm³/mol. The lowest BCUT2D eigenvalue weighted by Crippen LogP contribution is -2.58. The van der Waals surface area contributed by atoms with Crippen molar-refractivity contribution >= 4 is 29.6 Å². The van der Waals surface area contributed by atoms with Crippen LogP contribution in [0.15, 0.2) is 54.6 Å². The van der Waals surface area contributed by atoms with E-state index in [9.17, 15) is 29.1 Å². The lowest BCUT2D eigenvalue weighted by Gasteiger charge is -2.26. The molecule has 40 heavy (non-hydrogen) atoms. The summed E-state index contributed by atoms with van der Waals surface area (Å²) in [7, 11) is 0. The van der Waals surface area contributed by atoms with E-state index in [-0.39, 0.29) is 24.5 Å². The molecule has 0 spiro atoms. The molecule has 0 heterocycles. The second-order valence-electron chi connectivity index (χ2n) is 9.80. The minimum absolute atomic E-state index is 0.0871. The van der Waals surface area contributed by atoms with Crippen molar-refractivity contribution in [3.05, 3.63) is 65.7 Å². The standard InChI is InChI=1S/C28H37N5O7/c1-16(2)24(33-23(35)15-30-25(36)21(29)13-19-9-11-20(34)12-10-19)27(38)32-22(14-18-7-5-4-6-8-18)26(37)31-17(3)28(39)40/h4-12,16-17,21-22,24,34H,13-15,29H2,1-3H3,(H,30,36)(H,31,37)(H,32,38)(H,33,35)(H,39,40)/t17-,21-,22-,24-/m0/s1. The van der Waals surface area contributed by atoms with Crippen LogP contribution in [-0.2, 0) is 36.8 Å². The summed E-state index contributed by atoms with van der Waals surface area (Å²) >= 11 is 0. The van der Waals surface area contributed by atoms with Crippen molar-refractivity contribution in [2.45, 2.75) is 57.8 Å². The van der Waals surface area contributed by atoms with E-state index >= 15 is 0 Å². The Hall–Kier alpha value is -4.45. The number of phenolic OH excluding ortho intramolecular Hbond substituents is 1. The van der Waals surface area contributed by atoms with Crippen molar-refractivity contribution in [2.24, 2.45) is 11.7 Å². The van der Waals surface area contributed by atoms with E-state index in [0.29, 0.717) is 0 Å². The monoisotopic (exact) mass is 555 g/mol. The first-order valence-electron chi connectivity index (χ1n) is 12.9. The Morgan fingerprint density at radius 3 is 1.95 bits per heavy atom. The van der Waals surface area contributed by atoms with Gasteiger partial charge in [-0.1, -0.05) is 56.3 Å². The van der Waals surface area contributed by atoms with Gasteiger partial charge in [-0.05, 0) is 42.5 Å². The summed E-state index contributed by atoms with van der Waals surface area (Å²) in [6.07, 6.45) is 0.286. The fraction of sp³-hybridized carbons (Fsp3) is 0.393. The zero-order valence-electron chi connectivity index (χ0n) is 22.7. The SMILES string of the molecule is CC(C)[C@H](NC(=O)CNC(=O)[C@@H](N)Cc1ccc(O)cc1)C(=O)N[C@@H](Cc1ccccc1)C(=O)N[C@@H](C)C(=O)O. The van der Waals surface area contributed by atoms with E-state index < -0.39 is 60.3 Å². The molecule has 0 aliphatic heterocycles. The molecule has 0 aliphatic rings. The minimum atomic E-state index is -1.23. The molecule has 2 rings (SSSR count). The van der Waals surface area contributed by atoms with Crippen LogP contribution >= 0.6 is 0 Å². The quantitative estimate of drug-likeness (QED) is 0.167. The van der Waals surface area contributed by atoms with Gasteiger partial charge in [0, 0.05) is 6.42 Å². The average molecular weight is 556 g/mol. The third-order valence-electron chi connectivity index (χ3n) is 6.06. The number of aromatic hydroxyl groups is 1. The number of benzene rings is 2. The maximum absolute atomic E-state index is 13.2. The van der Waals surface area contributed by atoms with E-state index in [2.05, 4.69) is 21.3 Å². The highest BCUT2D eigenvalue weighted by Gasteiger charge is 2.30. The topological polar surface area (TPSA) is 200 Å². The molecular weight excluding hydrogens is 518 g/mol. The normalized spacial score (nSPS) is 13.8. The smallest absolute Gasteiger partial charge is 0.325 e. The van der Waals surface area contributed by atoms with Gasteiger partial charge in [0.25, 0.3) is 0 Å². The maximum atomic E-state index is 13.2. The number of carbonyl (C=O) groups excluding carboxylic acids is 4. The number of amides is 4. The van der Waals surface area contributed by atoms with Crippen LogP contribution in [0.2, 0.25) is 0 Å². The Labute approximate surface area is 232 Å². The summed E-state index contributed by atoms with van der Waals surface area (Å²) in [4.78, 5) is 62.2. The highest BCUT2D eigenvalue weighted by atomic mass is 16.4. The number of carboxylic acid groups (broad SMARTS) is 1. The largest absolute Gasteiger partial charge is 0.508 e. The molecule has 2 aromatic carbocycles. The lowest BCUT2D eigenvalue weighted by molar-refractivity contribution is -0.141. The Balaban J connectivity index is 2.00. The fourth-order valence-electron chi connectivity index (χ4n) is 3.73. The van der Waals surface area contributed by atoms with E-state index in [0.717, 1.165) is 11.1 Å². The molecule has 4 amide bonds. The molecule has 12 heteroatoms. The number of nitrogens with two attached hydrogens (primary N) is 1. The van der Waals surface area contributed by atoms with Crippen molar-refractivity contribution in [1.29, 1.82) is 0 Å². The Morgan fingerprint density at radius 1 is 0.775 bits per heavy atom. The van der Waals surface area contributed by atoms with Crippen LogP contribution in [0, 0.1) is 5.92 Å². The van der Waals surface area contributed by atoms with Crippen LogP contribution in [0.4, 0.5) is 0 Å². The number of carboxylic acids is 1. The van der Waals surface area contributed by atoms with Gasteiger partial charge in [0.2, 0.25) is 23.6 Å². The van der Waals surface area contributed by atoms with Crippen molar-refractivity contribution < 1.29 is 34.2 Å². The molecule has 8 N–H and O–H groups in total. The molecule has 0 bridgehead atoms. The molecular formula is C28H37N5O7. The molecule has 216 valence electrons. The zero-order valence-corrected chi connectivity index (χ0v) is 22.7. The molecule has 0 radical (unpaired) electrons. The third kappa shape index (κ3) is 10.4. The average Bonchev–Trinajstić information content (AvgIpc) is 2.91.